The first-order valence-electron chi connectivity index (χ1n) is 7.41. The summed E-state index contributed by atoms with van der Waals surface area (Å²) in [5, 5.41) is 1.46. The summed E-state index contributed by atoms with van der Waals surface area (Å²) in [6, 6.07) is 14.5. The minimum absolute atomic E-state index is 0.301. The second-order valence-electron chi connectivity index (χ2n) is 5.18. The van der Waals surface area contributed by atoms with Crippen molar-refractivity contribution < 1.29 is 9.53 Å². The van der Waals surface area contributed by atoms with Gasteiger partial charge in [0.25, 0.3) is 0 Å². The molecule has 0 amide bonds. The molecule has 1 aromatic heterocycles. The average molecular weight is 329 g/mol. The Hall–Kier alpha value is -2.30. The van der Waals surface area contributed by atoms with Gasteiger partial charge in [-0.25, -0.2) is 4.79 Å². The predicted octanol–water partition coefficient (Wildman–Crippen LogP) is 4.05. The maximum absolute atomic E-state index is 12.3. The number of nitrogens with one attached hydrogen (secondary N) is 1. The van der Waals surface area contributed by atoms with Crippen molar-refractivity contribution in [2.24, 2.45) is 5.73 Å². The highest BCUT2D eigenvalue weighted by Gasteiger charge is 2.25. The fraction of sp³-hybridized carbons (Fsp3) is 0.167. The topological polar surface area (TPSA) is 68.1 Å². The smallest absolute Gasteiger partial charge is 0.355 e. The molecule has 3 rings (SSSR count). The van der Waals surface area contributed by atoms with Crippen LogP contribution in [0.4, 0.5) is 0 Å². The Morgan fingerprint density at radius 2 is 1.91 bits per heavy atom. The number of halogens is 1. The summed E-state index contributed by atoms with van der Waals surface area (Å²) < 4.78 is 5.16. The maximum atomic E-state index is 12.3. The number of benzene rings is 2. The highest BCUT2D eigenvalue weighted by atomic mass is 35.5. The van der Waals surface area contributed by atoms with Crippen LogP contribution in [0.3, 0.4) is 0 Å². The molecule has 1 heterocycles. The van der Waals surface area contributed by atoms with Crippen LogP contribution in [0.5, 0.6) is 0 Å². The van der Waals surface area contributed by atoms with E-state index in [0.29, 0.717) is 22.9 Å². The van der Waals surface area contributed by atoms with E-state index in [0.717, 1.165) is 16.5 Å². The van der Waals surface area contributed by atoms with E-state index in [1.54, 1.807) is 13.0 Å². The Kier molecular flexibility index (Phi) is 4.37. The molecule has 0 saturated carbocycles. The van der Waals surface area contributed by atoms with Crippen molar-refractivity contribution in [3.8, 4) is 0 Å². The summed E-state index contributed by atoms with van der Waals surface area (Å²) in [5.41, 5.74) is 9.14. The average Bonchev–Trinajstić information content (AvgIpc) is 2.94. The molecule has 0 fully saturated rings. The molecule has 2 aromatic carbocycles. The zero-order valence-corrected chi connectivity index (χ0v) is 13.4. The number of fused-ring (bicyclic) bond motifs is 1. The lowest BCUT2D eigenvalue weighted by molar-refractivity contribution is 0.0519. The van der Waals surface area contributed by atoms with Crippen molar-refractivity contribution in [2.45, 2.75) is 13.0 Å². The van der Waals surface area contributed by atoms with Crippen LogP contribution in [0.15, 0.2) is 48.5 Å². The summed E-state index contributed by atoms with van der Waals surface area (Å²) in [6.45, 7) is 2.07. The second kappa shape index (κ2) is 6.44. The number of rotatable bonds is 4. The van der Waals surface area contributed by atoms with Gasteiger partial charge in [0, 0.05) is 21.5 Å². The van der Waals surface area contributed by atoms with Crippen LogP contribution < -0.4 is 5.73 Å². The predicted molar refractivity (Wildman–Crippen MR) is 91.7 cm³/mol. The molecular weight excluding hydrogens is 312 g/mol. The summed E-state index contributed by atoms with van der Waals surface area (Å²) in [7, 11) is 0. The van der Waals surface area contributed by atoms with Crippen LogP contribution in [0, 0.1) is 0 Å². The molecule has 1 atom stereocenters. The molecular formula is C18H17ClN2O2. The van der Waals surface area contributed by atoms with Crippen LogP contribution >= 0.6 is 11.6 Å². The van der Waals surface area contributed by atoms with Crippen LogP contribution in [-0.4, -0.2) is 17.6 Å². The standard InChI is InChI=1S/C18H17ClN2O2/c1-2-23-18(22)17-15(12-8-4-6-10-14(12)21-17)16(20)11-7-3-5-9-13(11)19/h3-10,16,21H,2,20H2,1H3. The van der Waals surface area contributed by atoms with E-state index in [1.165, 1.54) is 0 Å². The molecule has 0 aliphatic rings. The molecule has 4 nitrogen and oxygen atoms in total. The van der Waals surface area contributed by atoms with E-state index in [1.807, 2.05) is 42.5 Å². The van der Waals surface area contributed by atoms with E-state index < -0.39 is 12.0 Å². The number of carbonyl (C=O) groups excluding carboxylic acids is 1. The minimum atomic E-state index is -0.528. The SMILES string of the molecule is CCOC(=O)c1[nH]c2ccccc2c1C(N)c1ccccc1Cl. The van der Waals surface area contributed by atoms with E-state index >= 15 is 0 Å². The zero-order valence-electron chi connectivity index (χ0n) is 12.7. The first-order chi connectivity index (χ1) is 11.1. The number of hydrogen-bond acceptors (Lipinski definition) is 3. The van der Waals surface area contributed by atoms with Gasteiger partial charge in [-0.3, -0.25) is 0 Å². The lowest BCUT2D eigenvalue weighted by Crippen LogP contribution is -2.17. The van der Waals surface area contributed by atoms with Crippen LogP contribution in [0.1, 0.15) is 34.6 Å². The van der Waals surface area contributed by atoms with Crippen molar-refractivity contribution in [3.05, 3.63) is 70.4 Å². The molecule has 0 spiro atoms. The second-order valence-corrected chi connectivity index (χ2v) is 5.59. The van der Waals surface area contributed by atoms with Crippen LogP contribution in [0.25, 0.3) is 10.9 Å². The number of H-pyrrole nitrogens is 1. The number of carbonyl (C=O) groups is 1. The Bertz CT molecular complexity index is 857. The van der Waals surface area contributed by atoms with Gasteiger partial charge in [0.1, 0.15) is 5.69 Å². The van der Waals surface area contributed by atoms with Crippen LogP contribution in [0.2, 0.25) is 5.02 Å². The summed E-state index contributed by atoms with van der Waals surface area (Å²) in [4.78, 5) is 15.4. The lowest BCUT2D eigenvalue weighted by atomic mass is 9.96. The molecule has 3 N–H and O–H groups in total. The van der Waals surface area contributed by atoms with Gasteiger partial charge in [0.15, 0.2) is 0 Å². The molecule has 5 heteroatoms. The third-order valence-electron chi connectivity index (χ3n) is 3.78. The van der Waals surface area contributed by atoms with Crippen molar-refractivity contribution in [1.29, 1.82) is 0 Å². The Morgan fingerprint density at radius 3 is 2.65 bits per heavy atom. The molecule has 0 bridgehead atoms. The molecule has 118 valence electrons. The van der Waals surface area contributed by atoms with Crippen molar-refractivity contribution in [3.63, 3.8) is 0 Å². The molecule has 0 radical (unpaired) electrons. The minimum Gasteiger partial charge on any atom is -0.461 e. The monoisotopic (exact) mass is 328 g/mol. The van der Waals surface area contributed by atoms with Gasteiger partial charge in [-0.05, 0) is 24.6 Å². The Balaban J connectivity index is 2.20. The summed E-state index contributed by atoms with van der Waals surface area (Å²) in [6.07, 6.45) is 0. The first kappa shape index (κ1) is 15.6. The highest BCUT2D eigenvalue weighted by molar-refractivity contribution is 6.31. The normalized spacial score (nSPS) is 12.3. The summed E-state index contributed by atoms with van der Waals surface area (Å²) >= 11 is 6.27. The lowest BCUT2D eigenvalue weighted by Gasteiger charge is -2.15. The number of esters is 1. The number of hydrogen-bond donors (Lipinski definition) is 2. The Morgan fingerprint density at radius 1 is 1.22 bits per heavy atom. The molecule has 0 saturated heterocycles. The van der Waals surface area contributed by atoms with Crippen molar-refractivity contribution >= 4 is 28.5 Å². The maximum Gasteiger partial charge on any atom is 0.355 e. The van der Waals surface area contributed by atoms with Crippen molar-refractivity contribution in [2.75, 3.05) is 6.61 Å². The molecule has 0 aliphatic carbocycles. The van der Waals surface area contributed by atoms with Gasteiger partial charge >= 0.3 is 5.97 Å². The fourth-order valence-corrected chi connectivity index (χ4v) is 2.99. The number of ether oxygens (including phenoxy) is 1. The van der Waals surface area contributed by atoms with E-state index in [-0.39, 0.29) is 0 Å². The van der Waals surface area contributed by atoms with E-state index in [9.17, 15) is 4.79 Å². The van der Waals surface area contributed by atoms with Gasteiger partial charge in [0.05, 0.1) is 12.6 Å². The zero-order chi connectivity index (χ0) is 16.4. The van der Waals surface area contributed by atoms with Gasteiger partial charge in [-0.1, -0.05) is 48.0 Å². The number of aromatic nitrogens is 1. The third kappa shape index (κ3) is 2.83. The molecule has 23 heavy (non-hydrogen) atoms. The molecule has 1 unspecified atom stereocenters. The largest absolute Gasteiger partial charge is 0.461 e. The van der Waals surface area contributed by atoms with Crippen LogP contribution in [-0.2, 0) is 4.74 Å². The van der Waals surface area contributed by atoms with E-state index in [4.69, 9.17) is 22.1 Å². The number of nitrogens with two attached hydrogens (primary N) is 1. The molecule has 3 aromatic rings. The first-order valence-corrected chi connectivity index (χ1v) is 7.79. The van der Waals surface area contributed by atoms with Gasteiger partial charge in [-0.15, -0.1) is 0 Å². The van der Waals surface area contributed by atoms with E-state index in [2.05, 4.69) is 4.98 Å². The van der Waals surface area contributed by atoms with Gasteiger partial charge < -0.3 is 15.5 Å². The molecule has 0 aliphatic heterocycles. The highest BCUT2D eigenvalue weighted by Crippen LogP contribution is 2.33. The third-order valence-corrected chi connectivity index (χ3v) is 4.12. The van der Waals surface area contributed by atoms with Gasteiger partial charge in [-0.2, -0.15) is 0 Å². The van der Waals surface area contributed by atoms with Gasteiger partial charge in [0.2, 0.25) is 0 Å². The quantitative estimate of drug-likeness (QED) is 0.710. The number of para-hydroxylation sites is 1. The summed E-state index contributed by atoms with van der Waals surface area (Å²) in [5.74, 6) is -0.416. The Labute approximate surface area is 139 Å². The fourth-order valence-electron chi connectivity index (χ4n) is 2.73. The number of aromatic amines is 1. The van der Waals surface area contributed by atoms with Crippen molar-refractivity contribution in [1.82, 2.24) is 4.98 Å².